The molecule has 0 saturated carbocycles. The molecule has 1 fully saturated rings. The zero-order valence-corrected chi connectivity index (χ0v) is 22.4. The summed E-state index contributed by atoms with van der Waals surface area (Å²) in [5.74, 6) is -2.24. The lowest BCUT2D eigenvalue weighted by Gasteiger charge is -2.31. The molecule has 1 aliphatic rings. The van der Waals surface area contributed by atoms with Gasteiger partial charge in [0.05, 0.1) is 11.6 Å². The van der Waals surface area contributed by atoms with Crippen LogP contribution in [0.5, 0.6) is 0 Å². The Morgan fingerprint density at radius 3 is 2.18 bits per heavy atom. The van der Waals surface area contributed by atoms with E-state index in [1.165, 1.54) is 11.8 Å². The highest BCUT2D eigenvalue weighted by Gasteiger charge is 2.39. The summed E-state index contributed by atoms with van der Waals surface area (Å²) in [6.07, 6.45) is 0.292. The Morgan fingerprint density at radius 2 is 1.54 bits per heavy atom. The predicted molar refractivity (Wildman–Crippen MR) is 142 cm³/mol. The minimum atomic E-state index is -0.962. The first-order chi connectivity index (χ1) is 18.7. The van der Waals surface area contributed by atoms with Crippen molar-refractivity contribution in [1.29, 1.82) is 0 Å². The molecule has 2 aromatic carbocycles. The van der Waals surface area contributed by atoms with Gasteiger partial charge in [-0.1, -0.05) is 62.4 Å². The first-order valence-electron chi connectivity index (χ1n) is 13.0. The van der Waals surface area contributed by atoms with Gasteiger partial charge in [0.1, 0.15) is 18.7 Å². The van der Waals surface area contributed by atoms with Crippen molar-refractivity contribution in [3.63, 3.8) is 0 Å². The largest absolute Gasteiger partial charge is 0.454 e. The minimum absolute atomic E-state index is 0.0547. The average Bonchev–Trinajstić information content (AvgIpc) is 3.44. The predicted octanol–water partition coefficient (Wildman–Crippen LogP) is 2.86. The van der Waals surface area contributed by atoms with E-state index in [1.807, 2.05) is 30.3 Å². The molecule has 0 radical (unpaired) electrons. The fraction of sp³-hybridized carbons (Fsp3) is 0.414. The van der Waals surface area contributed by atoms with Gasteiger partial charge in [-0.05, 0) is 43.4 Å². The molecule has 39 heavy (non-hydrogen) atoms. The molecule has 1 saturated heterocycles. The molecule has 3 rings (SSSR count). The third kappa shape index (κ3) is 8.39. The molecule has 0 unspecified atom stereocenters. The topological polar surface area (TPSA) is 131 Å². The Hall–Kier alpha value is -4.21. The highest BCUT2D eigenvalue weighted by atomic mass is 16.5. The van der Waals surface area contributed by atoms with Crippen LogP contribution in [0, 0.1) is 5.92 Å². The number of hydrogen-bond donors (Lipinski definition) is 2. The first kappa shape index (κ1) is 29.3. The van der Waals surface area contributed by atoms with Crippen LogP contribution in [0.15, 0.2) is 60.7 Å². The number of benzene rings is 2. The van der Waals surface area contributed by atoms with Crippen LogP contribution in [0.1, 0.15) is 49.5 Å². The van der Waals surface area contributed by atoms with Crippen LogP contribution in [0.25, 0.3) is 0 Å². The number of carbonyl (C=O) groups excluding carboxylic acids is 5. The Kier molecular flexibility index (Phi) is 10.6. The molecule has 10 nitrogen and oxygen atoms in total. The Labute approximate surface area is 228 Å². The molecule has 0 aromatic heterocycles. The van der Waals surface area contributed by atoms with Crippen LogP contribution < -0.4 is 10.6 Å². The number of ether oxygens (including phenoxy) is 2. The summed E-state index contributed by atoms with van der Waals surface area (Å²) >= 11 is 0. The smallest absolute Gasteiger partial charge is 0.408 e. The maximum atomic E-state index is 13.4. The molecule has 2 aromatic rings. The highest BCUT2D eigenvalue weighted by Crippen LogP contribution is 2.21. The lowest BCUT2D eigenvalue weighted by molar-refractivity contribution is -0.142. The van der Waals surface area contributed by atoms with E-state index in [4.69, 9.17) is 9.47 Å². The minimum Gasteiger partial charge on any atom is -0.454 e. The van der Waals surface area contributed by atoms with Gasteiger partial charge in [0.2, 0.25) is 11.8 Å². The number of likely N-dealkylation sites (tertiary alicyclic amines) is 1. The number of alkyl carbamates (subject to hydrolysis) is 1. The van der Waals surface area contributed by atoms with Gasteiger partial charge in [0.25, 0.3) is 0 Å². The van der Waals surface area contributed by atoms with Crippen LogP contribution >= 0.6 is 0 Å². The van der Waals surface area contributed by atoms with Crippen LogP contribution in [0.2, 0.25) is 0 Å². The molecule has 0 aliphatic carbocycles. The van der Waals surface area contributed by atoms with Crippen molar-refractivity contribution in [2.75, 3.05) is 13.2 Å². The van der Waals surface area contributed by atoms with E-state index in [0.29, 0.717) is 24.9 Å². The fourth-order valence-electron chi connectivity index (χ4n) is 4.23. The molecule has 3 amide bonds. The third-order valence-corrected chi connectivity index (χ3v) is 6.43. The van der Waals surface area contributed by atoms with Crippen LogP contribution in [-0.4, -0.2) is 65.8 Å². The van der Waals surface area contributed by atoms with E-state index >= 15 is 0 Å². The molecule has 208 valence electrons. The van der Waals surface area contributed by atoms with Crippen molar-refractivity contribution in [2.45, 2.75) is 58.3 Å². The molecule has 0 bridgehead atoms. The van der Waals surface area contributed by atoms with Gasteiger partial charge in [0.15, 0.2) is 12.4 Å². The number of nitrogens with one attached hydrogen (secondary N) is 2. The second kappa shape index (κ2) is 14.1. The maximum absolute atomic E-state index is 13.4. The van der Waals surface area contributed by atoms with Crippen molar-refractivity contribution >= 4 is 29.7 Å². The summed E-state index contributed by atoms with van der Waals surface area (Å²) in [6.45, 7) is 5.00. The quantitative estimate of drug-likeness (QED) is 0.422. The molecule has 1 aliphatic heterocycles. The summed E-state index contributed by atoms with van der Waals surface area (Å²) in [5.41, 5.74) is 1.14. The number of Topliss-reactive ketones (excluding diaryl/α,β-unsaturated/α-hetero) is 1. The maximum Gasteiger partial charge on any atom is 0.408 e. The van der Waals surface area contributed by atoms with Gasteiger partial charge >= 0.3 is 12.1 Å². The zero-order valence-electron chi connectivity index (χ0n) is 22.4. The average molecular weight is 538 g/mol. The monoisotopic (exact) mass is 537 g/mol. The van der Waals surface area contributed by atoms with Gasteiger partial charge in [-0.2, -0.15) is 0 Å². The molecule has 10 heteroatoms. The SMILES string of the molecule is CC(C)[C@H](NC(=O)[C@H](C)NC(=O)OCc1ccccc1)C(=O)N1CCC[C@H]1C(=O)COC(=O)c1ccccc1. The second-order valence-electron chi connectivity index (χ2n) is 9.76. The fourth-order valence-corrected chi connectivity index (χ4v) is 4.23. The van der Waals surface area contributed by atoms with Gasteiger partial charge in [-0.3, -0.25) is 14.4 Å². The van der Waals surface area contributed by atoms with E-state index in [2.05, 4.69) is 10.6 Å². The molecular weight excluding hydrogens is 502 g/mol. The summed E-state index contributed by atoms with van der Waals surface area (Å²) in [5, 5.41) is 5.18. The number of carbonyl (C=O) groups is 5. The van der Waals surface area contributed by atoms with Crippen LogP contribution in [0.4, 0.5) is 4.79 Å². The summed E-state index contributed by atoms with van der Waals surface area (Å²) < 4.78 is 10.3. The van der Waals surface area contributed by atoms with Crippen molar-refractivity contribution in [1.82, 2.24) is 15.5 Å². The third-order valence-electron chi connectivity index (χ3n) is 6.43. The number of rotatable bonds is 11. The van der Waals surface area contributed by atoms with Crippen molar-refractivity contribution in [2.24, 2.45) is 5.92 Å². The first-order valence-corrected chi connectivity index (χ1v) is 13.0. The molecule has 1 heterocycles. The lowest BCUT2D eigenvalue weighted by atomic mass is 10.0. The van der Waals surface area contributed by atoms with Crippen molar-refractivity contribution < 1.29 is 33.4 Å². The number of amides is 3. The summed E-state index contributed by atoms with van der Waals surface area (Å²) in [4.78, 5) is 65.0. The number of ketones is 1. The van der Waals surface area contributed by atoms with Gasteiger partial charge < -0.3 is 25.0 Å². The number of hydrogen-bond acceptors (Lipinski definition) is 7. The molecule has 3 atom stereocenters. The van der Waals surface area contributed by atoms with E-state index in [-0.39, 0.29) is 18.3 Å². The standard InChI is InChI=1S/C29H35N3O7/c1-19(2)25(31-26(34)20(3)30-29(37)39-17-21-11-6-4-7-12-21)27(35)32-16-10-15-23(32)24(33)18-38-28(36)22-13-8-5-9-14-22/h4-9,11-14,19-20,23,25H,10,15-18H2,1-3H3,(H,30,37)(H,31,34)/t20-,23-,25-/m0/s1. The lowest BCUT2D eigenvalue weighted by Crippen LogP contribution is -2.57. The second-order valence-corrected chi connectivity index (χ2v) is 9.76. The van der Waals surface area contributed by atoms with Crippen LogP contribution in [-0.2, 0) is 30.5 Å². The van der Waals surface area contributed by atoms with Gasteiger partial charge in [0, 0.05) is 6.54 Å². The Morgan fingerprint density at radius 1 is 0.897 bits per heavy atom. The van der Waals surface area contributed by atoms with E-state index in [9.17, 15) is 24.0 Å². The summed E-state index contributed by atoms with van der Waals surface area (Å²) in [7, 11) is 0. The number of nitrogens with zero attached hydrogens (tertiary/aromatic N) is 1. The highest BCUT2D eigenvalue weighted by molar-refractivity contribution is 5.96. The normalized spacial score (nSPS) is 16.2. The van der Waals surface area contributed by atoms with E-state index < -0.39 is 48.6 Å². The van der Waals surface area contributed by atoms with Gasteiger partial charge in [-0.15, -0.1) is 0 Å². The van der Waals surface area contributed by atoms with Crippen molar-refractivity contribution in [3.05, 3.63) is 71.8 Å². The number of esters is 1. The Balaban J connectivity index is 1.54. The van der Waals surface area contributed by atoms with Crippen molar-refractivity contribution in [3.8, 4) is 0 Å². The van der Waals surface area contributed by atoms with Gasteiger partial charge in [-0.25, -0.2) is 9.59 Å². The molecular formula is C29H35N3O7. The summed E-state index contributed by atoms with van der Waals surface area (Å²) in [6, 6.07) is 14.8. The molecule has 0 spiro atoms. The zero-order chi connectivity index (χ0) is 28.4. The Bertz CT molecular complexity index is 1150. The van der Waals surface area contributed by atoms with E-state index in [1.54, 1.807) is 44.2 Å². The van der Waals surface area contributed by atoms with Crippen LogP contribution in [0.3, 0.4) is 0 Å². The van der Waals surface area contributed by atoms with E-state index in [0.717, 1.165) is 5.56 Å². The molecule has 2 N–H and O–H groups in total.